The molecule has 8 aromatic rings. The van der Waals surface area contributed by atoms with Crippen LogP contribution in [0.5, 0.6) is 0 Å². The SMILES string of the molecule is COC(=O)[C@H](C)n1cnc2c1c(=O)[nH]c(=O)n2C.C[C@@H](C(=O)Nc1cccc(-c2cnc(C(F)(F)F)nc2)n1)n1cnc2c1c(=O)[nH]c(=O)n2C.Nc1cccc(-c2cnc(C(F)(F)F)nc2)n1. The molecule has 8 rings (SSSR count). The third-order valence-corrected chi connectivity index (χ3v) is 9.59. The predicted molar refractivity (Wildman–Crippen MR) is 226 cm³/mol. The Bertz CT molecular complexity index is 3400. The molecule has 354 valence electrons. The van der Waals surface area contributed by atoms with Gasteiger partial charge < -0.3 is 24.9 Å². The molecule has 68 heavy (non-hydrogen) atoms. The molecule has 0 aliphatic rings. The maximum absolute atomic E-state index is 12.8. The lowest BCUT2D eigenvalue weighted by atomic mass is 10.2. The second-order valence-electron chi connectivity index (χ2n) is 14.1. The maximum Gasteiger partial charge on any atom is 0.451 e. The van der Waals surface area contributed by atoms with Crippen molar-refractivity contribution in [2.75, 3.05) is 18.2 Å². The summed E-state index contributed by atoms with van der Waals surface area (Å²) in [7, 11) is 4.18. The number of halogens is 6. The van der Waals surface area contributed by atoms with E-state index in [0.717, 1.165) is 29.4 Å². The summed E-state index contributed by atoms with van der Waals surface area (Å²) in [6.07, 6.45) is -2.49. The molecule has 1 amide bonds. The van der Waals surface area contributed by atoms with Crippen molar-refractivity contribution in [1.29, 1.82) is 0 Å². The number of fused-ring (bicyclic) bond motifs is 2. The number of nitrogen functional groups attached to an aromatic ring is 1. The number of H-pyrrole nitrogens is 2. The van der Waals surface area contributed by atoms with Crippen molar-refractivity contribution >= 4 is 45.8 Å². The fraction of sp³-hybridized carbons (Fsp3) is 0.231. The number of hydrogen-bond donors (Lipinski definition) is 4. The number of methoxy groups -OCH3 is 1. The van der Waals surface area contributed by atoms with Crippen LogP contribution in [0.2, 0.25) is 0 Å². The number of rotatable bonds is 7. The highest BCUT2D eigenvalue weighted by atomic mass is 19.4. The molecule has 0 bridgehead atoms. The van der Waals surface area contributed by atoms with Gasteiger partial charge in [-0.15, -0.1) is 0 Å². The third-order valence-electron chi connectivity index (χ3n) is 9.59. The maximum atomic E-state index is 12.8. The average Bonchev–Trinajstić information content (AvgIpc) is 3.97. The Balaban J connectivity index is 0.000000184. The Labute approximate surface area is 374 Å². The monoisotopic (exact) mass is 952 g/mol. The van der Waals surface area contributed by atoms with Crippen LogP contribution < -0.4 is 33.5 Å². The number of imidazole rings is 2. The molecule has 0 saturated heterocycles. The highest BCUT2D eigenvalue weighted by molar-refractivity contribution is 5.93. The van der Waals surface area contributed by atoms with Gasteiger partial charge in [-0.25, -0.2) is 54.3 Å². The molecule has 5 N–H and O–H groups in total. The number of nitrogens with two attached hydrogens (primary N) is 1. The summed E-state index contributed by atoms with van der Waals surface area (Å²) in [5.74, 6) is -3.09. The number of esters is 1. The number of amides is 1. The number of carbonyl (C=O) groups excluding carboxylic acids is 2. The molecular weight excluding hydrogens is 919 g/mol. The minimum absolute atomic E-state index is 0.0448. The minimum atomic E-state index is -4.66. The first-order chi connectivity index (χ1) is 32.0. The number of ether oxygens (including phenoxy) is 1. The zero-order chi connectivity index (χ0) is 49.8. The van der Waals surface area contributed by atoms with Crippen LogP contribution in [0, 0.1) is 0 Å². The van der Waals surface area contributed by atoms with E-state index in [0.29, 0.717) is 11.3 Å². The van der Waals surface area contributed by atoms with Crippen LogP contribution in [0.15, 0.2) is 93.0 Å². The minimum Gasteiger partial charge on any atom is -0.467 e. The molecule has 8 aromatic heterocycles. The molecule has 0 saturated carbocycles. The Morgan fingerprint density at radius 3 is 1.51 bits per heavy atom. The number of aromatic nitrogens is 14. The second kappa shape index (κ2) is 19.3. The average molecular weight is 953 g/mol. The smallest absolute Gasteiger partial charge is 0.451 e. The van der Waals surface area contributed by atoms with Crippen LogP contribution in [0.4, 0.5) is 38.0 Å². The molecule has 0 aromatic carbocycles. The van der Waals surface area contributed by atoms with Gasteiger partial charge >= 0.3 is 29.7 Å². The molecule has 0 radical (unpaired) electrons. The van der Waals surface area contributed by atoms with E-state index in [1.165, 1.54) is 66.6 Å². The number of aromatic amines is 2. The highest BCUT2D eigenvalue weighted by Gasteiger charge is 2.35. The van der Waals surface area contributed by atoms with E-state index in [-0.39, 0.29) is 45.2 Å². The Morgan fingerprint density at radius 1 is 0.662 bits per heavy atom. The first kappa shape index (κ1) is 48.5. The van der Waals surface area contributed by atoms with Crippen molar-refractivity contribution in [3.8, 4) is 22.5 Å². The summed E-state index contributed by atoms with van der Waals surface area (Å²) in [5, 5.41) is 2.59. The number of aryl methyl sites for hydroxylation is 2. The Hall–Kier alpha value is -8.92. The van der Waals surface area contributed by atoms with Gasteiger partial charge in [0.05, 0.1) is 31.2 Å². The van der Waals surface area contributed by atoms with Crippen molar-refractivity contribution in [2.24, 2.45) is 14.1 Å². The molecule has 0 unspecified atom stereocenters. The van der Waals surface area contributed by atoms with Crippen molar-refractivity contribution in [1.82, 2.24) is 68.1 Å². The van der Waals surface area contributed by atoms with E-state index in [1.54, 1.807) is 31.2 Å². The number of hydrogen-bond acceptors (Lipinski definition) is 16. The van der Waals surface area contributed by atoms with Crippen LogP contribution in [-0.4, -0.2) is 87.1 Å². The first-order valence-corrected chi connectivity index (χ1v) is 19.2. The fourth-order valence-corrected chi connectivity index (χ4v) is 6.02. The standard InChI is InChI=1S/C19H15F3N8O3.C10H7F3N4.C10H12N4O4/c1-9(30-8-25-14-13(30)16(32)28-18(33)29(14)2)15(31)27-12-5-3-4-11(26-12)10-6-23-17(24-7-10)19(20,21)22;11-10(12,13)9-15-4-6(5-16-9)7-2-1-3-8(14)17-7;1-5(9(16)18-3)14-4-11-7-6(14)8(15)12-10(17)13(7)2/h3-9H,1-2H3,(H,26,27,31)(H,28,32,33);1-5H,(H2,14,17);4-5H,1-3H3,(H,12,15,17)/t9-;;5-/m0.0/s1. The van der Waals surface area contributed by atoms with E-state index < -0.39 is 70.5 Å². The van der Waals surface area contributed by atoms with Crippen LogP contribution in [0.1, 0.15) is 37.6 Å². The summed E-state index contributed by atoms with van der Waals surface area (Å²) < 4.78 is 84.3. The Kier molecular flexibility index (Phi) is 13.8. The molecule has 8 heterocycles. The molecule has 0 aliphatic heterocycles. The third kappa shape index (κ3) is 10.4. The van der Waals surface area contributed by atoms with Crippen LogP contribution in [-0.2, 0) is 40.8 Å². The predicted octanol–water partition coefficient (Wildman–Crippen LogP) is 2.79. The van der Waals surface area contributed by atoms with Gasteiger partial charge in [-0.05, 0) is 38.1 Å². The van der Waals surface area contributed by atoms with Gasteiger partial charge in [0, 0.05) is 50.0 Å². The lowest BCUT2D eigenvalue weighted by molar-refractivity contribution is -0.145. The number of nitrogens with one attached hydrogen (secondary N) is 3. The summed E-state index contributed by atoms with van der Waals surface area (Å²) in [6, 6.07) is 7.79. The topological polar surface area (TPSA) is 304 Å². The van der Waals surface area contributed by atoms with Crippen molar-refractivity contribution in [3.63, 3.8) is 0 Å². The second-order valence-corrected chi connectivity index (χ2v) is 14.1. The largest absolute Gasteiger partial charge is 0.467 e. The van der Waals surface area contributed by atoms with Crippen molar-refractivity contribution in [2.45, 2.75) is 38.3 Å². The normalized spacial score (nSPS) is 12.3. The van der Waals surface area contributed by atoms with E-state index in [4.69, 9.17) is 5.73 Å². The van der Waals surface area contributed by atoms with Gasteiger partial charge in [0.15, 0.2) is 22.3 Å². The number of anilines is 2. The van der Waals surface area contributed by atoms with E-state index in [1.807, 2.05) is 0 Å². The molecular formula is C39H34F6N16O7. The van der Waals surface area contributed by atoms with E-state index in [2.05, 4.69) is 59.9 Å². The van der Waals surface area contributed by atoms with Crippen molar-refractivity contribution in [3.05, 3.63) is 127 Å². The lowest BCUT2D eigenvalue weighted by Crippen LogP contribution is -2.31. The number of pyridine rings is 2. The molecule has 2 atom stereocenters. The summed E-state index contributed by atoms with van der Waals surface area (Å²) >= 11 is 0. The summed E-state index contributed by atoms with van der Waals surface area (Å²) in [4.78, 5) is 105. The molecule has 23 nitrogen and oxygen atoms in total. The fourth-order valence-electron chi connectivity index (χ4n) is 6.02. The number of carbonyl (C=O) groups is 2. The summed E-state index contributed by atoms with van der Waals surface area (Å²) in [5.41, 5.74) is 4.83. The number of nitrogens with zero attached hydrogens (tertiary/aromatic N) is 12. The highest BCUT2D eigenvalue weighted by Crippen LogP contribution is 2.28. The van der Waals surface area contributed by atoms with Gasteiger partial charge in [-0.3, -0.25) is 33.5 Å². The molecule has 0 aliphatic carbocycles. The van der Waals surface area contributed by atoms with E-state index in [9.17, 15) is 55.1 Å². The van der Waals surface area contributed by atoms with Gasteiger partial charge in [0.2, 0.25) is 17.6 Å². The first-order valence-electron chi connectivity index (χ1n) is 19.2. The Morgan fingerprint density at radius 2 is 1.09 bits per heavy atom. The quantitative estimate of drug-likeness (QED) is 0.132. The van der Waals surface area contributed by atoms with Gasteiger partial charge in [-0.1, -0.05) is 12.1 Å². The lowest BCUT2D eigenvalue weighted by Gasteiger charge is -2.14. The zero-order valence-corrected chi connectivity index (χ0v) is 35.7. The van der Waals surface area contributed by atoms with Gasteiger partial charge in [0.1, 0.15) is 23.7 Å². The van der Waals surface area contributed by atoms with Crippen LogP contribution in [0.25, 0.3) is 44.8 Å². The molecule has 0 fully saturated rings. The number of alkyl halides is 6. The molecule has 29 heteroatoms. The van der Waals surface area contributed by atoms with Crippen LogP contribution >= 0.6 is 0 Å². The van der Waals surface area contributed by atoms with E-state index >= 15 is 0 Å². The zero-order valence-electron chi connectivity index (χ0n) is 35.7. The van der Waals surface area contributed by atoms with Gasteiger partial charge in [-0.2, -0.15) is 26.3 Å². The van der Waals surface area contributed by atoms with Crippen molar-refractivity contribution < 1.29 is 40.7 Å². The summed E-state index contributed by atoms with van der Waals surface area (Å²) in [6.45, 7) is 3.10. The molecule has 0 spiro atoms. The van der Waals surface area contributed by atoms with Crippen LogP contribution in [0.3, 0.4) is 0 Å². The van der Waals surface area contributed by atoms with Gasteiger partial charge in [0.25, 0.3) is 11.1 Å².